The van der Waals surface area contributed by atoms with Crippen LogP contribution in [0, 0.1) is 0 Å². The smallest absolute Gasteiger partial charge is 0.188 e. The zero-order valence-electron chi connectivity index (χ0n) is 8.97. The van der Waals surface area contributed by atoms with Gasteiger partial charge in [0.15, 0.2) is 5.12 Å². The van der Waals surface area contributed by atoms with E-state index in [9.17, 15) is 4.79 Å². The van der Waals surface area contributed by atoms with Gasteiger partial charge in [-0.2, -0.15) is 0 Å². The average Bonchev–Trinajstić information content (AvgIpc) is 2.53. The van der Waals surface area contributed by atoms with E-state index in [-0.39, 0.29) is 23.3 Å². The summed E-state index contributed by atoms with van der Waals surface area (Å²) in [7, 11) is 7.25. The zero-order valence-corrected chi connectivity index (χ0v) is 9.79. The molecular formula is C9H15BO4S. The molecule has 1 fully saturated rings. The monoisotopic (exact) mass is 230 g/mol. The number of rotatable bonds is 5. The van der Waals surface area contributed by atoms with Crippen LogP contribution in [0.3, 0.4) is 0 Å². The normalized spacial score (nSPS) is 30.7. The number of hydrogen-bond acceptors (Lipinski definition) is 5. The maximum Gasteiger partial charge on any atom is 0.188 e. The van der Waals surface area contributed by atoms with Gasteiger partial charge in [0.2, 0.25) is 0 Å². The van der Waals surface area contributed by atoms with E-state index in [0.717, 1.165) is 11.8 Å². The second-order valence-electron chi connectivity index (χ2n) is 3.35. The number of carbonyl (C=O) groups excluding carboxylic acids is 1. The van der Waals surface area contributed by atoms with E-state index in [0.29, 0.717) is 19.0 Å². The van der Waals surface area contributed by atoms with Gasteiger partial charge in [0, 0.05) is 20.0 Å². The van der Waals surface area contributed by atoms with E-state index in [1.165, 1.54) is 6.92 Å². The Labute approximate surface area is 95.4 Å². The standard InChI is InChI=1S/C9H15BO4S/c1-6(11)15-5-13-4-8-7(12-2)3-9(10)14-8/h7-9H,3-5H2,1-2H3/t7-,8-,9-/m1/s1. The molecule has 84 valence electrons. The predicted molar refractivity (Wildman–Crippen MR) is 58.9 cm³/mol. The lowest BCUT2D eigenvalue weighted by Crippen LogP contribution is -2.28. The average molecular weight is 230 g/mol. The molecule has 0 N–H and O–H groups in total. The van der Waals surface area contributed by atoms with Crippen molar-refractivity contribution in [3.8, 4) is 0 Å². The quantitative estimate of drug-likeness (QED) is 0.392. The molecule has 1 aliphatic heterocycles. The van der Waals surface area contributed by atoms with Gasteiger partial charge in [-0.05, 0) is 6.42 Å². The van der Waals surface area contributed by atoms with Crippen molar-refractivity contribution in [3.05, 3.63) is 0 Å². The van der Waals surface area contributed by atoms with Gasteiger partial charge in [-0.1, -0.05) is 11.8 Å². The Morgan fingerprint density at radius 1 is 1.67 bits per heavy atom. The lowest BCUT2D eigenvalue weighted by molar-refractivity contribution is -0.109. The minimum absolute atomic E-state index is 0.0117. The molecule has 0 aliphatic carbocycles. The third-order valence-electron chi connectivity index (χ3n) is 2.16. The molecule has 0 aromatic rings. The fourth-order valence-electron chi connectivity index (χ4n) is 1.43. The van der Waals surface area contributed by atoms with Gasteiger partial charge in [-0.25, -0.2) is 0 Å². The van der Waals surface area contributed by atoms with Crippen LogP contribution in [0.25, 0.3) is 0 Å². The molecule has 0 unspecified atom stereocenters. The third-order valence-corrected chi connectivity index (χ3v) is 2.85. The first kappa shape index (κ1) is 13.0. The van der Waals surface area contributed by atoms with Crippen LogP contribution in [0.1, 0.15) is 13.3 Å². The molecule has 4 nitrogen and oxygen atoms in total. The Bertz CT molecular complexity index is 214. The highest BCUT2D eigenvalue weighted by molar-refractivity contribution is 8.13. The van der Waals surface area contributed by atoms with Crippen molar-refractivity contribution < 1.29 is 19.0 Å². The molecule has 0 amide bonds. The minimum Gasteiger partial charge on any atom is -0.380 e. The van der Waals surface area contributed by atoms with Crippen molar-refractivity contribution in [3.63, 3.8) is 0 Å². The summed E-state index contributed by atoms with van der Waals surface area (Å²) in [6, 6.07) is -0.274. The summed E-state index contributed by atoms with van der Waals surface area (Å²) in [5.41, 5.74) is 0. The molecule has 2 radical (unpaired) electrons. The lowest BCUT2D eigenvalue weighted by Gasteiger charge is -2.16. The van der Waals surface area contributed by atoms with Crippen LogP contribution >= 0.6 is 11.8 Å². The molecule has 0 aromatic carbocycles. The predicted octanol–water partition coefficient (Wildman–Crippen LogP) is 0.539. The Balaban J connectivity index is 2.17. The lowest BCUT2D eigenvalue weighted by atomic mass is 9.96. The van der Waals surface area contributed by atoms with Crippen molar-refractivity contribution in [2.45, 2.75) is 31.6 Å². The Morgan fingerprint density at radius 2 is 2.40 bits per heavy atom. The molecule has 1 rings (SSSR count). The van der Waals surface area contributed by atoms with Crippen molar-refractivity contribution in [1.82, 2.24) is 0 Å². The van der Waals surface area contributed by atoms with E-state index in [1.54, 1.807) is 7.11 Å². The molecule has 0 bridgehead atoms. The molecule has 3 atom stereocenters. The van der Waals surface area contributed by atoms with Crippen molar-refractivity contribution in [2.75, 3.05) is 19.7 Å². The Morgan fingerprint density at radius 3 is 3.00 bits per heavy atom. The molecule has 0 spiro atoms. The minimum atomic E-state index is -0.274. The summed E-state index contributed by atoms with van der Waals surface area (Å²) in [5.74, 6) is 0.348. The summed E-state index contributed by atoms with van der Waals surface area (Å²) < 4.78 is 15.9. The number of ether oxygens (including phenoxy) is 3. The molecule has 1 heterocycles. The Kier molecular flexibility index (Phi) is 5.67. The highest BCUT2D eigenvalue weighted by Gasteiger charge is 2.32. The summed E-state index contributed by atoms with van der Waals surface area (Å²) in [4.78, 5) is 10.6. The molecule has 6 heteroatoms. The highest BCUT2D eigenvalue weighted by Crippen LogP contribution is 2.21. The highest BCUT2D eigenvalue weighted by atomic mass is 32.2. The maximum absolute atomic E-state index is 10.6. The van der Waals surface area contributed by atoms with E-state index >= 15 is 0 Å². The van der Waals surface area contributed by atoms with Crippen LogP contribution in [-0.4, -0.2) is 50.8 Å². The summed E-state index contributed by atoms with van der Waals surface area (Å²) in [5, 5.41) is 0.0438. The SMILES string of the molecule is [B][C@H]1C[C@@H](OC)[C@@H](COCSC(C)=O)O1. The topological polar surface area (TPSA) is 44.8 Å². The first-order valence-electron chi connectivity index (χ1n) is 4.78. The number of methoxy groups -OCH3 is 1. The van der Waals surface area contributed by atoms with E-state index in [4.69, 9.17) is 22.1 Å². The fourth-order valence-corrected chi connectivity index (χ4v) is 1.78. The molecule has 1 saturated heterocycles. The van der Waals surface area contributed by atoms with Gasteiger partial charge in [-0.3, -0.25) is 4.79 Å². The van der Waals surface area contributed by atoms with Crippen LogP contribution in [0.5, 0.6) is 0 Å². The molecule has 1 aliphatic rings. The first-order valence-corrected chi connectivity index (χ1v) is 5.77. The molecule has 15 heavy (non-hydrogen) atoms. The summed E-state index contributed by atoms with van der Waals surface area (Å²) in [6.07, 6.45) is 0.546. The number of thioether (sulfide) groups is 1. The van der Waals surface area contributed by atoms with Crippen LogP contribution in [0.15, 0.2) is 0 Å². The van der Waals surface area contributed by atoms with Gasteiger partial charge in [0.25, 0.3) is 0 Å². The van der Waals surface area contributed by atoms with Crippen LogP contribution in [-0.2, 0) is 19.0 Å². The summed E-state index contributed by atoms with van der Waals surface area (Å²) in [6.45, 7) is 1.92. The fraction of sp³-hybridized carbons (Fsp3) is 0.889. The Hall–Kier alpha value is -0.0351. The second-order valence-corrected chi connectivity index (χ2v) is 4.45. The van der Waals surface area contributed by atoms with E-state index < -0.39 is 0 Å². The largest absolute Gasteiger partial charge is 0.380 e. The van der Waals surface area contributed by atoms with Gasteiger partial charge in [0.1, 0.15) is 14.0 Å². The maximum atomic E-state index is 10.6. The van der Waals surface area contributed by atoms with Crippen molar-refractivity contribution >= 4 is 24.7 Å². The van der Waals surface area contributed by atoms with Crippen molar-refractivity contribution in [1.29, 1.82) is 0 Å². The summed E-state index contributed by atoms with van der Waals surface area (Å²) >= 11 is 1.14. The third kappa shape index (κ3) is 4.55. The van der Waals surface area contributed by atoms with Crippen LogP contribution in [0.2, 0.25) is 0 Å². The van der Waals surface area contributed by atoms with Crippen LogP contribution < -0.4 is 0 Å². The van der Waals surface area contributed by atoms with Gasteiger partial charge in [-0.15, -0.1) is 0 Å². The zero-order chi connectivity index (χ0) is 11.3. The van der Waals surface area contributed by atoms with Gasteiger partial charge < -0.3 is 14.2 Å². The van der Waals surface area contributed by atoms with Gasteiger partial charge in [0.05, 0.1) is 18.6 Å². The molecule has 0 aromatic heterocycles. The van der Waals surface area contributed by atoms with E-state index in [1.807, 2.05) is 0 Å². The van der Waals surface area contributed by atoms with Gasteiger partial charge >= 0.3 is 0 Å². The van der Waals surface area contributed by atoms with Crippen molar-refractivity contribution in [2.24, 2.45) is 0 Å². The van der Waals surface area contributed by atoms with E-state index in [2.05, 4.69) is 0 Å². The molecular weight excluding hydrogens is 215 g/mol. The number of hydrogen-bond donors (Lipinski definition) is 0. The second kappa shape index (κ2) is 6.53. The first-order chi connectivity index (χ1) is 7.13. The number of carbonyl (C=O) groups is 1. The van der Waals surface area contributed by atoms with Crippen LogP contribution in [0.4, 0.5) is 0 Å². The molecule has 0 saturated carbocycles.